The zero-order valence-corrected chi connectivity index (χ0v) is 7.62. The van der Waals surface area contributed by atoms with Crippen molar-refractivity contribution in [3.8, 4) is 17.9 Å². The van der Waals surface area contributed by atoms with E-state index in [0.29, 0.717) is 0 Å². The van der Waals surface area contributed by atoms with Gasteiger partial charge < -0.3 is 5.11 Å². The van der Waals surface area contributed by atoms with Gasteiger partial charge in [0.2, 0.25) is 0 Å². The quantitative estimate of drug-likeness (QED) is 0.708. The Morgan fingerprint density at radius 2 is 2.27 bits per heavy atom. The summed E-state index contributed by atoms with van der Waals surface area (Å²) in [6, 6.07) is 5.61. The van der Waals surface area contributed by atoms with Crippen molar-refractivity contribution in [1.29, 1.82) is 5.26 Å². The van der Waals surface area contributed by atoms with Gasteiger partial charge in [0.05, 0.1) is 12.5 Å². The van der Waals surface area contributed by atoms with Crippen molar-refractivity contribution < 1.29 is 14.3 Å². The molecule has 0 aromatic heterocycles. The lowest BCUT2D eigenvalue weighted by atomic mass is 10.1. The number of carbonyl (C=O) groups is 1. The Hall–Kier alpha value is -2.33. The topological polar surface area (TPSA) is 61.1 Å². The summed E-state index contributed by atoms with van der Waals surface area (Å²) >= 11 is 0. The van der Waals surface area contributed by atoms with Gasteiger partial charge in [0.15, 0.2) is 0 Å². The second-order valence-electron chi connectivity index (χ2n) is 2.60. The van der Waals surface area contributed by atoms with E-state index in [2.05, 4.69) is 11.8 Å². The molecule has 4 heteroatoms. The molecule has 3 nitrogen and oxygen atoms in total. The molecule has 1 aromatic rings. The van der Waals surface area contributed by atoms with Crippen LogP contribution in [-0.4, -0.2) is 11.1 Å². The molecule has 0 saturated carbocycles. The van der Waals surface area contributed by atoms with Crippen LogP contribution >= 0.6 is 0 Å². The van der Waals surface area contributed by atoms with Crippen LogP contribution < -0.4 is 0 Å². The average Bonchev–Trinajstić information content (AvgIpc) is 2.17. The molecule has 0 aliphatic rings. The van der Waals surface area contributed by atoms with E-state index in [4.69, 9.17) is 10.4 Å². The van der Waals surface area contributed by atoms with E-state index in [9.17, 15) is 9.18 Å². The molecule has 0 bridgehead atoms. The fourth-order valence-corrected chi connectivity index (χ4v) is 1.02. The van der Waals surface area contributed by atoms with Crippen LogP contribution in [0.1, 0.15) is 22.3 Å². The average molecular weight is 203 g/mol. The molecule has 15 heavy (non-hydrogen) atoms. The third-order valence-corrected chi connectivity index (χ3v) is 1.62. The predicted molar refractivity (Wildman–Crippen MR) is 50.5 cm³/mol. The highest BCUT2D eigenvalue weighted by molar-refractivity contribution is 5.91. The first-order valence-electron chi connectivity index (χ1n) is 4.04. The van der Waals surface area contributed by atoms with E-state index in [1.807, 2.05) is 0 Å². The minimum atomic E-state index is -1.37. The highest BCUT2D eigenvalue weighted by atomic mass is 19.1. The summed E-state index contributed by atoms with van der Waals surface area (Å²) in [6.07, 6.45) is -0.0183. The smallest absolute Gasteiger partial charge is 0.339 e. The van der Waals surface area contributed by atoms with E-state index in [1.165, 1.54) is 12.1 Å². The molecule has 1 aromatic carbocycles. The number of rotatable bonds is 1. The number of aromatic carboxylic acids is 1. The first-order valence-corrected chi connectivity index (χ1v) is 4.04. The molecule has 0 saturated heterocycles. The van der Waals surface area contributed by atoms with E-state index in [-0.39, 0.29) is 12.0 Å². The van der Waals surface area contributed by atoms with Crippen molar-refractivity contribution >= 4 is 5.97 Å². The first-order chi connectivity index (χ1) is 7.16. The van der Waals surface area contributed by atoms with Crippen LogP contribution in [0.3, 0.4) is 0 Å². The molecular formula is C11H6FNO2. The molecule has 1 N–H and O–H groups in total. The van der Waals surface area contributed by atoms with Crippen molar-refractivity contribution in [1.82, 2.24) is 0 Å². The minimum Gasteiger partial charge on any atom is -0.478 e. The molecular weight excluding hydrogens is 197 g/mol. The summed E-state index contributed by atoms with van der Waals surface area (Å²) in [5.74, 6) is 2.68. The number of nitriles is 1. The predicted octanol–water partition coefficient (Wildman–Crippen LogP) is 1.79. The number of hydrogen-bond acceptors (Lipinski definition) is 2. The first kappa shape index (κ1) is 10.7. The molecule has 0 fully saturated rings. The zero-order chi connectivity index (χ0) is 11.3. The standard InChI is InChI=1S/C11H6FNO2/c12-9-6-3-5-8(4-1-2-7-13)10(9)11(14)15/h3,5-6H,2H2,(H,14,15). The number of halogens is 1. The van der Waals surface area contributed by atoms with E-state index in [0.717, 1.165) is 6.07 Å². The maximum Gasteiger partial charge on any atom is 0.339 e. The third-order valence-electron chi connectivity index (χ3n) is 1.62. The largest absolute Gasteiger partial charge is 0.478 e. The molecule has 0 aliphatic heterocycles. The summed E-state index contributed by atoms with van der Waals surface area (Å²) in [5, 5.41) is 17.0. The molecule has 0 unspecified atom stereocenters. The van der Waals surface area contributed by atoms with Gasteiger partial charge in [0.25, 0.3) is 0 Å². The fraction of sp³-hybridized carbons (Fsp3) is 0.0909. The summed E-state index contributed by atoms with van der Waals surface area (Å²) in [4.78, 5) is 10.7. The van der Waals surface area contributed by atoms with Gasteiger partial charge in [0, 0.05) is 5.56 Å². The van der Waals surface area contributed by atoms with E-state index >= 15 is 0 Å². The van der Waals surface area contributed by atoms with Crippen LogP contribution in [0.2, 0.25) is 0 Å². The Bertz CT molecular complexity index is 492. The Morgan fingerprint density at radius 1 is 1.53 bits per heavy atom. The van der Waals surface area contributed by atoms with Crippen molar-refractivity contribution in [2.75, 3.05) is 0 Å². The monoisotopic (exact) mass is 203 g/mol. The van der Waals surface area contributed by atoms with Gasteiger partial charge in [-0.3, -0.25) is 0 Å². The highest BCUT2D eigenvalue weighted by Gasteiger charge is 2.13. The third kappa shape index (κ3) is 2.55. The molecule has 0 heterocycles. The van der Waals surface area contributed by atoms with Gasteiger partial charge in [0.1, 0.15) is 11.4 Å². The maximum absolute atomic E-state index is 13.1. The summed E-state index contributed by atoms with van der Waals surface area (Å²) in [5.41, 5.74) is -0.374. The van der Waals surface area contributed by atoms with E-state index in [1.54, 1.807) is 6.07 Å². The fourth-order valence-electron chi connectivity index (χ4n) is 1.02. The number of benzene rings is 1. The van der Waals surface area contributed by atoms with Gasteiger partial charge in [-0.1, -0.05) is 17.9 Å². The van der Waals surface area contributed by atoms with E-state index < -0.39 is 17.3 Å². The number of nitrogens with zero attached hydrogens (tertiary/aromatic N) is 1. The lowest BCUT2D eigenvalue weighted by molar-refractivity contribution is 0.0691. The molecule has 0 aliphatic carbocycles. The van der Waals surface area contributed by atoms with Crippen molar-refractivity contribution in [3.05, 3.63) is 35.1 Å². The van der Waals surface area contributed by atoms with Crippen LogP contribution in [0.25, 0.3) is 0 Å². The zero-order valence-electron chi connectivity index (χ0n) is 7.62. The maximum atomic E-state index is 13.1. The normalized spacial score (nSPS) is 8.53. The van der Waals surface area contributed by atoms with Crippen LogP contribution in [0, 0.1) is 29.0 Å². The number of carboxylic acids is 1. The van der Waals surface area contributed by atoms with Crippen molar-refractivity contribution in [2.45, 2.75) is 6.42 Å². The summed E-state index contributed by atoms with van der Waals surface area (Å²) < 4.78 is 13.1. The van der Waals surface area contributed by atoms with Gasteiger partial charge in [-0.15, -0.1) is 0 Å². The van der Waals surface area contributed by atoms with Gasteiger partial charge in [-0.2, -0.15) is 5.26 Å². The Labute approximate surface area is 85.8 Å². The second-order valence-corrected chi connectivity index (χ2v) is 2.60. The molecule has 0 radical (unpaired) electrons. The van der Waals surface area contributed by atoms with Crippen molar-refractivity contribution in [3.63, 3.8) is 0 Å². The van der Waals surface area contributed by atoms with Gasteiger partial charge >= 0.3 is 5.97 Å². The Balaban J connectivity index is 3.21. The minimum absolute atomic E-state index is 0.0183. The summed E-state index contributed by atoms with van der Waals surface area (Å²) in [6.45, 7) is 0. The molecule has 0 atom stereocenters. The Morgan fingerprint density at radius 3 is 2.87 bits per heavy atom. The van der Waals surface area contributed by atoms with Crippen LogP contribution in [0.5, 0.6) is 0 Å². The molecule has 0 amide bonds. The van der Waals surface area contributed by atoms with Gasteiger partial charge in [-0.25, -0.2) is 9.18 Å². The lowest BCUT2D eigenvalue weighted by Gasteiger charge is -1.99. The number of carboxylic acid groups (broad SMARTS) is 1. The molecule has 74 valence electrons. The van der Waals surface area contributed by atoms with Crippen molar-refractivity contribution in [2.24, 2.45) is 0 Å². The number of hydrogen-bond donors (Lipinski definition) is 1. The lowest BCUT2D eigenvalue weighted by Crippen LogP contribution is -2.03. The highest BCUT2D eigenvalue weighted by Crippen LogP contribution is 2.12. The van der Waals surface area contributed by atoms with Crippen LogP contribution in [0.4, 0.5) is 4.39 Å². The van der Waals surface area contributed by atoms with Crippen LogP contribution in [-0.2, 0) is 0 Å². The van der Waals surface area contributed by atoms with Crippen LogP contribution in [0.15, 0.2) is 18.2 Å². The molecule has 1 rings (SSSR count). The SMILES string of the molecule is N#CCC#Cc1cccc(F)c1C(=O)O. The summed E-state index contributed by atoms with van der Waals surface area (Å²) in [7, 11) is 0. The Kier molecular flexibility index (Phi) is 3.43. The second kappa shape index (κ2) is 4.78. The van der Waals surface area contributed by atoms with Gasteiger partial charge in [-0.05, 0) is 12.1 Å². The molecule has 0 spiro atoms.